The van der Waals surface area contributed by atoms with Gasteiger partial charge in [-0.2, -0.15) is 0 Å². The SMILES string of the molecule is C=C/C=C(\C=C)COC(/C=C1\[NH2+]CCc2cc(OC)c(OC)cc21)=C/CCl. The van der Waals surface area contributed by atoms with Crippen LogP contribution in [-0.2, 0) is 11.2 Å². The van der Waals surface area contributed by atoms with Crippen molar-refractivity contribution in [1.29, 1.82) is 0 Å². The summed E-state index contributed by atoms with van der Waals surface area (Å²) in [6, 6.07) is 4.06. The molecule has 1 aliphatic heterocycles. The fraction of sp³-hybridized carbons (Fsp3) is 0.273. The van der Waals surface area contributed by atoms with Crippen LogP contribution in [0.15, 0.2) is 67.0 Å². The topological polar surface area (TPSA) is 44.3 Å². The number of nitrogens with two attached hydrogens (primary N) is 1. The van der Waals surface area contributed by atoms with Gasteiger partial charge in [0.2, 0.25) is 0 Å². The molecule has 0 atom stereocenters. The molecule has 0 unspecified atom stereocenters. The van der Waals surface area contributed by atoms with Crippen LogP contribution in [0.3, 0.4) is 0 Å². The summed E-state index contributed by atoms with van der Waals surface area (Å²) < 4.78 is 16.8. The number of ether oxygens (including phenoxy) is 3. The van der Waals surface area contributed by atoms with Crippen molar-refractivity contribution in [2.75, 3.05) is 33.3 Å². The fourth-order valence-corrected chi connectivity index (χ4v) is 3.06. The lowest BCUT2D eigenvalue weighted by molar-refractivity contribution is -0.565. The second-order valence-corrected chi connectivity index (χ2v) is 6.25. The van der Waals surface area contributed by atoms with Crippen molar-refractivity contribution in [3.05, 3.63) is 78.1 Å². The fourth-order valence-electron chi connectivity index (χ4n) is 2.91. The number of benzene rings is 1. The van der Waals surface area contributed by atoms with E-state index in [4.69, 9.17) is 25.8 Å². The van der Waals surface area contributed by atoms with Crippen molar-refractivity contribution in [3.8, 4) is 11.5 Å². The summed E-state index contributed by atoms with van der Waals surface area (Å²) in [6.45, 7) is 8.86. The van der Waals surface area contributed by atoms with E-state index in [0.29, 0.717) is 18.2 Å². The van der Waals surface area contributed by atoms with Gasteiger partial charge in [0, 0.05) is 23.9 Å². The molecule has 0 radical (unpaired) electrons. The second-order valence-electron chi connectivity index (χ2n) is 5.94. The molecular weight excluding hydrogens is 362 g/mol. The minimum absolute atomic E-state index is 0.368. The summed E-state index contributed by atoms with van der Waals surface area (Å²) in [5.74, 6) is 2.54. The summed E-state index contributed by atoms with van der Waals surface area (Å²) in [4.78, 5) is 0. The lowest BCUT2D eigenvalue weighted by Crippen LogP contribution is -2.83. The summed E-state index contributed by atoms with van der Waals surface area (Å²) in [5, 5.41) is 2.20. The third-order valence-corrected chi connectivity index (χ3v) is 4.43. The van der Waals surface area contributed by atoms with E-state index in [0.717, 1.165) is 41.3 Å². The number of halogens is 1. The molecule has 5 heteroatoms. The molecule has 0 fully saturated rings. The van der Waals surface area contributed by atoms with Crippen LogP contribution < -0.4 is 14.8 Å². The largest absolute Gasteiger partial charge is 0.493 e. The Kier molecular flexibility index (Phi) is 8.24. The maximum absolute atomic E-state index is 5.94. The van der Waals surface area contributed by atoms with Crippen LogP contribution in [0, 0.1) is 0 Å². The first kappa shape index (κ1) is 20.9. The normalized spacial score (nSPS) is 15.9. The minimum atomic E-state index is 0.368. The van der Waals surface area contributed by atoms with E-state index in [1.165, 1.54) is 5.56 Å². The highest BCUT2D eigenvalue weighted by atomic mass is 35.5. The maximum atomic E-state index is 5.94. The van der Waals surface area contributed by atoms with Gasteiger partial charge in [-0.05, 0) is 29.3 Å². The Labute approximate surface area is 166 Å². The van der Waals surface area contributed by atoms with Crippen LogP contribution in [0.2, 0.25) is 0 Å². The highest BCUT2D eigenvalue weighted by molar-refractivity contribution is 6.18. The third-order valence-electron chi connectivity index (χ3n) is 4.27. The van der Waals surface area contributed by atoms with Crippen molar-refractivity contribution >= 4 is 17.3 Å². The number of rotatable bonds is 9. The van der Waals surface area contributed by atoms with Crippen molar-refractivity contribution in [3.63, 3.8) is 0 Å². The van der Waals surface area contributed by atoms with E-state index in [2.05, 4.69) is 18.5 Å². The van der Waals surface area contributed by atoms with Gasteiger partial charge in [0.1, 0.15) is 18.1 Å². The average molecular weight is 389 g/mol. The predicted octanol–water partition coefficient (Wildman–Crippen LogP) is 3.60. The van der Waals surface area contributed by atoms with E-state index in [1.807, 2.05) is 30.4 Å². The van der Waals surface area contributed by atoms with Gasteiger partial charge in [0.25, 0.3) is 0 Å². The molecule has 2 rings (SSSR count). The zero-order valence-corrected chi connectivity index (χ0v) is 16.7. The molecule has 1 aromatic rings. The van der Waals surface area contributed by atoms with E-state index in [-0.39, 0.29) is 0 Å². The highest BCUT2D eigenvalue weighted by Crippen LogP contribution is 2.33. The summed E-state index contributed by atoms with van der Waals surface area (Å²) >= 11 is 5.93. The van der Waals surface area contributed by atoms with Crippen LogP contribution in [0.25, 0.3) is 5.70 Å². The number of quaternary nitrogens is 1. The van der Waals surface area contributed by atoms with Crippen LogP contribution in [-0.4, -0.2) is 33.3 Å². The highest BCUT2D eigenvalue weighted by Gasteiger charge is 2.21. The molecule has 1 aliphatic rings. The molecule has 0 aromatic heterocycles. The molecule has 1 heterocycles. The summed E-state index contributed by atoms with van der Waals surface area (Å²) in [5.41, 5.74) is 4.38. The molecule has 2 N–H and O–H groups in total. The Balaban J connectivity index is 2.34. The smallest absolute Gasteiger partial charge is 0.161 e. The van der Waals surface area contributed by atoms with E-state index < -0.39 is 0 Å². The lowest BCUT2D eigenvalue weighted by Gasteiger charge is -2.20. The van der Waals surface area contributed by atoms with Gasteiger partial charge < -0.3 is 19.5 Å². The minimum Gasteiger partial charge on any atom is -0.493 e. The number of hydrogen-bond acceptors (Lipinski definition) is 3. The molecular formula is C22H27ClNO3+. The second kappa shape index (κ2) is 10.7. The van der Waals surface area contributed by atoms with Gasteiger partial charge in [-0.1, -0.05) is 31.4 Å². The zero-order chi connectivity index (χ0) is 19.6. The third kappa shape index (κ3) is 5.52. The van der Waals surface area contributed by atoms with Crippen LogP contribution >= 0.6 is 11.6 Å². The number of methoxy groups -OCH3 is 2. The summed E-state index contributed by atoms with van der Waals surface area (Å²) in [6.07, 6.45) is 10.2. The van der Waals surface area contributed by atoms with E-state index >= 15 is 0 Å². The maximum Gasteiger partial charge on any atom is 0.161 e. The quantitative estimate of drug-likeness (QED) is 0.399. The molecule has 0 aliphatic carbocycles. The first-order valence-corrected chi connectivity index (χ1v) is 9.33. The van der Waals surface area contributed by atoms with Gasteiger partial charge in [0.05, 0.1) is 20.8 Å². The Morgan fingerprint density at radius 3 is 2.59 bits per heavy atom. The van der Waals surface area contributed by atoms with Crippen molar-refractivity contribution in [2.24, 2.45) is 0 Å². The number of fused-ring (bicyclic) bond motifs is 1. The van der Waals surface area contributed by atoms with Crippen molar-refractivity contribution in [2.45, 2.75) is 6.42 Å². The van der Waals surface area contributed by atoms with Gasteiger partial charge in [-0.3, -0.25) is 0 Å². The predicted molar refractivity (Wildman–Crippen MR) is 111 cm³/mol. The van der Waals surface area contributed by atoms with Crippen LogP contribution in [0.4, 0.5) is 0 Å². The van der Waals surface area contributed by atoms with Gasteiger partial charge in [-0.25, -0.2) is 0 Å². The molecule has 0 amide bonds. The first-order valence-electron chi connectivity index (χ1n) is 8.79. The summed E-state index contributed by atoms with van der Waals surface area (Å²) in [7, 11) is 3.30. The van der Waals surface area contributed by atoms with E-state index in [9.17, 15) is 0 Å². The molecule has 144 valence electrons. The first-order chi connectivity index (χ1) is 13.2. The Hall–Kier alpha value is -2.43. The molecule has 0 bridgehead atoms. The van der Waals surface area contributed by atoms with Gasteiger partial charge >= 0.3 is 0 Å². The molecule has 0 spiro atoms. The lowest BCUT2D eigenvalue weighted by atomic mass is 9.96. The number of hydrogen-bond donors (Lipinski definition) is 1. The Morgan fingerprint density at radius 1 is 1.22 bits per heavy atom. The Bertz CT molecular complexity index is 778. The van der Waals surface area contributed by atoms with Crippen molar-refractivity contribution < 1.29 is 19.5 Å². The average Bonchev–Trinajstić information content (AvgIpc) is 2.70. The number of allylic oxidation sites excluding steroid dienone is 4. The molecule has 4 nitrogen and oxygen atoms in total. The monoisotopic (exact) mass is 388 g/mol. The van der Waals surface area contributed by atoms with Crippen LogP contribution in [0.5, 0.6) is 11.5 Å². The molecule has 0 saturated carbocycles. The van der Waals surface area contributed by atoms with Gasteiger partial charge in [0.15, 0.2) is 11.5 Å². The Morgan fingerprint density at radius 2 is 1.96 bits per heavy atom. The van der Waals surface area contributed by atoms with Crippen LogP contribution in [0.1, 0.15) is 11.1 Å². The molecule has 27 heavy (non-hydrogen) atoms. The van der Waals surface area contributed by atoms with E-state index in [1.54, 1.807) is 26.4 Å². The molecule has 0 saturated heterocycles. The van der Waals surface area contributed by atoms with Gasteiger partial charge in [-0.15, -0.1) is 11.6 Å². The molecule has 1 aromatic carbocycles. The standard InChI is InChI=1S/C22H26ClNO3/c1-5-7-16(6-2)15-27-18(8-10-23)13-20-19-14-22(26-4)21(25-3)12-17(19)9-11-24-20/h5-8,12-14,24H,1-2,9-11,15H2,3-4H3/p+1/b16-7+,18-8+,20-13-. The zero-order valence-electron chi connectivity index (χ0n) is 16.0. The number of alkyl halides is 1. The van der Waals surface area contributed by atoms with Crippen molar-refractivity contribution in [1.82, 2.24) is 0 Å².